The fraction of sp³-hybridized carbons (Fsp3) is 0.500. The van der Waals surface area contributed by atoms with E-state index in [1.54, 1.807) is 12.1 Å². The number of benzene rings is 1. The lowest BCUT2D eigenvalue weighted by atomic mass is 10.0. The molecule has 0 saturated carbocycles. The average molecular weight is 220 g/mol. The molecular formula is C12H16N2O2. The molecule has 1 atom stereocenters. The van der Waals surface area contributed by atoms with Gasteiger partial charge in [0.25, 0.3) is 5.69 Å². The van der Waals surface area contributed by atoms with Gasteiger partial charge in [-0.3, -0.25) is 10.1 Å². The lowest BCUT2D eigenvalue weighted by molar-refractivity contribution is -0.385. The van der Waals surface area contributed by atoms with E-state index < -0.39 is 0 Å². The van der Waals surface area contributed by atoms with Crippen LogP contribution in [0.1, 0.15) is 24.0 Å². The number of nitrogens with one attached hydrogen (secondary N) is 1. The quantitative estimate of drug-likeness (QED) is 0.627. The van der Waals surface area contributed by atoms with Crippen LogP contribution in [0.5, 0.6) is 0 Å². The fourth-order valence-electron chi connectivity index (χ4n) is 2.25. The summed E-state index contributed by atoms with van der Waals surface area (Å²) < 4.78 is 0. The summed E-state index contributed by atoms with van der Waals surface area (Å²) in [5, 5.41) is 14.3. The maximum absolute atomic E-state index is 10.9. The SMILES string of the molecule is Cc1ccc([N+](=O)[O-])c(CC2CCCN2)c1. The molecule has 1 aromatic rings. The Morgan fingerprint density at radius 3 is 3.00 bits per heavy atom. The van der Waals surface area contributed by atoms with Crippen LogP contribution in [0, 0.1) is 17.0 Å². The normalized spacial score (nSPS) is 19.9. The second-order valence-electron chi connectivity index (χ2n) is 4.39. The minimum absolute atomic E-state index is 0.249. The van der Waals surface area contributed by atoms with Crippen molar-refractivity contribution in [3.05, 3.63) is 39.4 Å². The highest BCUT2D eigenvalue weighted by Gasteiger charge is 2.20. The summed E-state index contributed by atoms with van der Waals surface area (Å²) in [6.07, 6.45) is 3.05. The van der Waals surface area contributed by atoms with E-state index in [0.29, 0.717) is 6.04 Å². The molecule has 1 unspecified atom stereocenters. The van der Waals surface area contributed by atoms with Crippen LogP contribution in [-0.4, -0.2) is 17.5 Å². The Morgan fingerprint density at radius 1 is 1.56 bits per heavy atom. The van der Waals surface area contributed by atoms with E-state index in [9.17, 15) is 10.1 Å². The van der Waals surface area contributed by atoms with Crippen LogP contribution in [0.4, 0.5) is 5.69 Å². The standard InChI is InChI=1S/C12H16N2O2/c1-9-4-5-12(14(15)16)10(7-9)8-11-3-2-6-13-11/h4-5,7,11,13H,2-3,6,8H2,1H3. The molecule has 1 aliphatic rings. The highest BCUT2D eigenvalue weighted by molar-refractivity contribution is 5.43. The van der Waals surface area contributed by atoms with E-state index >= 15 is 0 Å². The molecule has 1 heterocycles. The summed E-state index contributed by atoms with van der Waals surface area (Å²) in [5.74, 6) is 0. The maximum Gasteiger partial charge on any atom is 0.272 e. The van der Waals surface area contributed by atoms with Crippen molar-refractivity contribution in [2.45, 2.75) is 32.2 Å². The van der Waals surface area contributed by atoms with Crippen LogP contribution in [0.2, 0.25) is 0 Å². The molecule has 1 N–H and O–H groups in total. The molecule has 0 amide bonds. The maximum atomic E-state index is 10.9. The van der Waals surface area contributed by atoms with Crippen molar-refractivity contribution in [3.8, 4) is 0 Å². The van der Waals surface area contributed by atoms with Gasteiger partial charge >= 0.3 is 0 Å². The van der Waals surface area contributed by atoms with Crippen molar-refractivity contribution in [1.82, 2.24) is 5.32 Å². The zero-order valence-electron chi connectivity index (χ0n) is 9.40. The Balaban J connectivity index is 2.22. The number of nitro groups is 1. The lowest BCUT2D eigenvalue weighted by Gasteiger charge is -2.10. The first-order chi connectivity index (χ1) is 7.66. The molecule has 4 nitrogen and oxygen atoms in total. The highest BCUT2D eigenvalue weighted by atomic mass is 16.6. The van der Waals surface area contributed by atoms with Gasteiger partial charge in [-0.05, 0) is 38.8 Å². The molecule has 1 fully saturated rings. The number of nitrogens with zero attached hydrogens (tertiary/aromatic N) is 1. The van der Waals surface area contributed by atoms with Crippen LogP contribution < -0.4 is 5.32 Å². The van der Waals surface area contributed by atoms with Crippen molar-refractivity contribution in [2.24, 2.45) is 0 Å². The molecule has 0 radical (unpaired) electrons. The molecule has 16 heavy (non-hydrogen) atoms. The Kier molecular flexibility index (Phi) is 3.19. The van der Waals surface area contributed by atoms with Gasteiger partial charge in [-0.15, -0.1) is 0 Å². The van der Waals surface area contributed by atoms with Crippen LogP contribution in [0.3, 0.4) is 0 Å². The molecule has 0 bridgehead atoms. The van der Waals surface area contributed by atoms with Crippen LogP contribution in [-0.2, 0) is 6.42 Å². The average Bonchev–Trinajstić information content (AvgIpc) is 2.70. The number of aryl methyl sites for hydroxylation is 1. The van der Waals surface area contributed by atoms with Gasteiger partial charge in [0.05, 0.1) is 4.92 Å². The second-order valence-corrected chi connectivity index (χ2v) is 4.39. The van der Waals surface area contributed by atoms with E-state index in [2.05, 4.69) is 5.32 Å². The predicted molar refractivity (Wildman–Crippen MR) is 62.6 cm³/mol. The first-order valence-electron chi connectivity index (χ1n) is 5.64. The third kappa shape index (κ3) is 2.39. The summed E-state index contributed by atoms with van der Waals surface area (Å²) >= 11 is 0. The van der Waals surface area contributed by atoms with E-state index in [1.165, 1.54) is 6.42 Å². The topological polar surface area (TPSA) is 55.2 Å². The predicted octanol–water partition coefficient (Wildman–Crippen LogP) is 2.20. The molecule has 1 aromatic carbocycles. The third-order valence-corrected chi connectivity index (χ3v) is 3.06. The molecular weight excluding hydrogens is 204 g/mol. The lowest BCUT2D eigenvalue weighted by Crippen LogP contribution is -2.24. The number of hydrogen-bond donors (Lipinski definition) is 1. The highest BCUT2D eigenvalue weighted by Crippen LogP contribution is 2.23. The molecule has 4 heteroatoms. The van der Waals surface area contributed by atoms with Gasteiger partial charge in [0, 0.05) is 17.7 Å². The second kappa shape index (κ2) is 4.61. The summed E-state index contributed by atoms with van der Waals surface area (Å²) in [5.41, 5.74) is 2.18. The van der Waals surface area contributed by atoms with Crippen LogP contribution in [0.15, 0.2) is 18.2 Å². The van der Waals surface area contributed by atoms with Crippen molar-refractivity contribution in [1.29, 1.82) is 0 Å². The number of nitro benzene ring substituents is 1. The van der Waals surface area contributed by atoms with Gasteiger partial charge in [-0.25, -0.2) is 0 Å². The first kappa shape index (κ1) is 11.1. The van der Waals surface area contributed by atoms with Gasteiger partial charge in [-0.1, -0.05) is 11.6 Å². The zero-order chi connectivity index (χ0) is 11.5. The van der Waals surface area contributed by atoms with E-state index in [4.69, 9.17) is 0 Å². The van der Waals surface area contributed by atoms with Crippen LogP contribution >= 0.6 is 0 Å². The summed E-state index contributed by atoms with van der Waals surface area (Å²) in [7, 11) is 0. The summed E-state index contributed by atoms with van der Waals surface area (Å²) in [6.45, 7) is 3.00. The zero-order valence-corrected chi connectivity index (χ0v) is 9.40. The van der Waals surface area contributed by atoms with E-state index in [-0.39, 0.29) is 10.6 Å². The smallest absolute Gasteiger partial charge is 0.272 e. The Bertz CT molecular complexity index is 398. The van der Waals surface area contributed by atoms with Crippen molar-refractivity contribution < 1.29 is 4.92 Å². The first-order valence-corrected chi connectivity index (χ1v) is 5.64. The van der Waals surface area contributed by atoms with Gasteiger partial charge in [0.1, 0.15) is 0 Å². The van der Waals surface area contributed by atoms with Gasteiger partial charge < -0.3 is 5.32 Å². The van der Waals surface area contributed by atoms with Gasteiger partial charge in [0.2, 0.25) is 0 Å². The molecule has 0 aromatic heterocycles. The number of rotatable bonds is 3. The van der Waals surface area contributed by atoms with Crippen molar-refractivity contribution >= 4 is 5.69 Å². The molecule has 1 aliphatic heterocycles. The third-order valence-electron chi connectivity index (χ3n) is 3.06. The Labute approximate surface area is 94.8 Å². The van der Waals surface area contributed by atoms with Gasteiger partial charge in [0.15, 0.2) is 0 Å². The molecule has 0 aliphatic carbocycles. The molecule has 1 saturated heterocycles. The minimum Gasteiger partial charge on any atom is -0.314 e. The molecule has 2 rings (SSSR count). The summed E-state index contributed by atoms with van der Waals surface area (Å²) in [4.78, 5) is 10.6. The largest absolute Gasteiger partial charge is 0.314 e. The Hall–Kier alpha value is -1.42. The minimum atomic E-state index is -0.288. The fourth-order valence-corrected chi connectivity index (χ4v) is 2.25. The van der Waals surface area contributed by atoms with E-state index in [1.807, 2.05) is 13.0 Å². The molecule has 86 valence electrons. The van der Waals surface area contributed by atoms with Crippen molar-refractivity contribution in [3.63, 3.8) is 0 Å². The van der Waals surface area contributed by atoms with Crippen molar-refractivity contribution in [2.75, 3.05) is 6.54 Å². The number of hydrogen-bond acceptors (Lipinski definition) is 3. The van der Waals surface area contributed by atoms with Crippen LogP contribution in [0.25, 0.3) is 0 Å². The Morgan fingerprint density at radius 2 is 2.38 bits per heavy atom. The van der Waals surface area contributed by atoms with Gasteiger partial charge in [-0.2, -0.15) is 0 Å². The van der Waals surface area contributed by atoms with E-state index in [0.717, 1.165) is 30.5 Å². The summed E-state index contributed by atoms with van der Waals surface area (Å²) in [6, 6.07) is 5.74. The molecule has 0 spiro atoms. The monoisotopic (exact) mass is 220 g/mol.